The highest BCUT2D eigenvalue weighted by Crippen LogP contribution is 2.28. The number of nitrogens with one attached hydrogen (secondary N) is 1. The summed E-state index contributed by atoms with van der Waals surface area (Å²) in [6.45, 7) is 1.78. The van der Waals surface area contributed by atoms with Crippen molar-refractivity contribution in [2.24, 2.45) is 0 Å². The van der Waals surface area contributed by atoms with Crippen LogP contribution in [0, 0.1) is 6.92 Å². The molecule has 0 aliphatic carbocycles. The van der Waals surface area contributed by atoms with Gasteiger partial charge >= 0.3 is 5.97 Å². The SMILES string of the molecule is Cc1nc(Sc2nc3ccccn3c2C(=O)O)n[nH]1. The van der Waals surface area contributed by atoms with Crippen LogP contribution in [0.15, 0.2) is 34.6 Å². The van der Waals surface area contributed by atoms with E-state index in [-0.39, 0.29) is 5.69 Å². The summed E-state index contributed by atoms with van der Waals surface area (Å²) in [5.41, 5.74) is 0.692. The number of fused-ring (bicyclic) bond motifs is 1. The lowest BCUT2D eigenvalue weighted by atomic mass is 10.4. The van der Waals surface area contributed by atoms with Gasteiger partial charge in [-0.1, -0.05) is 6.07 Å². The van der Waals surface area contributed by atoms with Crippen molar-refractivity contribution in [2.45, 2.75) is 17.1 Å². The third kappa shape index (κ3) is 2.06. The van der Waals surface area contributed by atoms with Crippen LogP contribution in [0.3, 0.4) is 0 Å². The number of hydrogen-bond acceptors (Lipinski definition) is 5. The standard InChI is InChI=1S/C11H9N5O2S/c1-6-12-11(15-14-6)19-9-8(10(17)18)16-5-3-2-4-7(16)13-9/h2-5H,1H3,(H,17,18)(H,12,14,15). The highest BCUT2D eigenvalue weighted by atomic mass is 32.2. The van der Waals surface area contributed by atoms with Crippen LogP contribution < -0.4 is 0 Å². The number of H-pyrrole nitrogens is 1. The molecule has 2 N–H and O–H groups in total. The van der Waals surface area contributed by atoms with Crippen molar-refractivity contribution in [1.82, 2.24) is 24.6 Å². The van der Waals surface area contributed by atoms with Gasteiger partial charge in [0, 0.05) is 6.20 Å². The van der Waals surface area contributed by atoms with E-state index in [1.165, 1.54) is 4.40 Å². The van der Waals surface area contributed by atoms with Crippen LogP contribution in [-0.2, 0) is 0 Å². The van der Waals surface area contributed by atoms with Crippen molar-refractivity contribution in [3.8, 4) is 0 Å². The van der Waals surface area contributed by atoms with E-state index in [1.54, 1.807) is 31.3 Å². The minimum absolute atomic E-state index is 0.114. The molecule has 0 unspecified atom stereocenters. The van der Waals surface area contributed by atoms with E-state index < -0.39 is 5.97 Å². The van der Waals surface area contributed by atoms with Gasteiger partial charge in [-0.15, -0.1) is 5.10 Å². The van der Waals surface area contributed by atoms with Gasteiger partial charge < -0.3 is 5.11 Å². The average Bonchev–Trinajstić information content (AvgIpc) is 2.92. The van der Waals surface area contributed by atoms with E-state index in [2.05, 4.69) is 20.2 Å². The number of carboxylic acids is 1. The largest absolute Gasteiger partial charge is 0.476 e. The number of pyridine rings is 1. The molecule has 0 bridgehead atoms. The minimum atomic E-state index is -1.03. The van der Waals surface area contributed by atoms with Gasteiger partial charge in [0.2, 0.25) is 5.16 Å². The summed E-state index contributed by atoms with van der Waals surface area (Å²) in [4.78, 5) is 19.8. The molecule has 3 heterocycles. The molecule has 7 nitrogen and oxygen atoms in total. The molecule has 96 valence electrons. The molecule has 0 aliphatic rings. The molecule has 3 aromatic heterocycles. The Balaban J connectivity index is 2.12. The summed E-state index contributed by atoms with van der Waals surface area (Å²) in [7, 11) is 0. The zero-order chi connectivity index (χ0) is 13.4. The number of aromatic nitrogens is 5. The van der Waals surface area contributed by atoms with Crippen molar-refractivity contribution in [3.63, 3.8) is 0 Å². The third-order valence-corrected chi connectivity index (χ3v) is 3.31. The van der Waals surface area contributed by atoms with Crippen LogP contribution in [0.4, 0.5) is 0 Å². The maximum absolute atomic E-state index is 11.4. The number of aromatic carboxylic acids is 1. The molecule has 0 aromatic carbocycles. The Morgan fingerprint density at radius 1 is 1.42 bits per heavy atom. The number of carbonyl (C=O) groups is 1. The lowest BCUT2D eigenvalue weighted by Crippen LogP contribution is -2.02. The second-order valence-electron chi connectivity index (χ2n) is 3.81. The molecule has 3 aromatic rings. The van der Waals surface area contributed by atoms with E-state index in [0.29, 0.717) is 21.7 Å². The summed E-state index contributed by atoms with van der Waals surface area (Å²) in [5.74, 6) is -0.364. The van der Waals surface area contributed by atoms with Crippen LogP contribution >= 0.6 is 11.8 Å². The Morgan fingerprint density at radius 2 is 2.26 bits per heavy atom. The fourth-order valence-electron chi connectivity index (χ4n) is 1.69. The molecule has 0 spiro atoms. The summed E-state index contributed by atoms with van der Waals surface area (Å²) >= 11 is 1.12. The van der Waals surface area contributed by atoms with Crippen LogP contribution in [0.2, 0.25) is 0 Å². The maximum atomic E-state index is 11.4. The van der Waals surface area contributed by atoms with Crippen LogP contribution in [0.25, 0.3) is 5.65 Å². The molecule has 3 rings (SSSR count). The molecule has 0 saturated carbocycles. The predicted molar refractivity (Wildman–Crippen MR) is 67.4 cm³/mol. The Labute approximate surface area is 111 Å². The lowest BCUT2D eigenvalue weighted by molar-refractivity contribution is 0.0685. The van der Waals surface area contributed by atoms with E-state index >= 15 is 0 Å². The third-order valence-electron chi connectivity index (χ3n) is 2.47. The number of rotatable bonds is 3. The van der Waals surface area contributed by atoms with Gasteiger partial charge in [0.05, 0.1) is 0 Å². The zero-order valence-electron chi connectivity index (χ0n) is 9.86. The van der Waals surface area contributed by atoms with Gasteiger partial charge in [-0.3, -0.25) is 9.50 Å². The Morgan fingerprint density at radius 3 is 2.95 bits per heavy atom. The van der Waals surface area contributed by atoms with Crippen molar-refractivity contribution < 1.29 is 9.90 Å². The smallest absolute Gasteiger partial charge is 0.355 e. The van der Waals surface area contributed by atoms with Gasteiger partial charge in [-0.2, -0.15) is 0 Å². The van der Waals surface area contributed by atoms with Gasteiger partial charge in [-0.25, -0.2) is 14.8 Å². The van der Waals surface area contributed by atoms with Crippen molar-refractivity contribution in [3.05, 3.63) is 35.9 Å². The summed E-state index contributed by atoms with van der Waals surface area (Å²) in [5, 5.41) is 16.8. The van der Waals surface area contributed by atoms with Crippen molar-refractivity contribution >= 4 is 23.4 Å². The summed E-state index contributed by atoms with van der Waals surface area (Å²) in [6.07, 6.45) is 1.67. The second kappa shape index (κ2) is 4.39. The number of aromatic amines is 1. The quantitative estimate of drug-likeness (QED) is 0.753. The van der Waals surface area contributed by atoms with Gasteiger partial charge in [0.15, 0.2) is 5.69 Å². The maximum Gasteiger partial charge on any atom is 0.355 e. The first kappa shape index (κ1) is 11.7. The Kier molecular flexibility index (Phi) is 2.71. The molecular weight excluding hydrogens is 266 g/mol. The number of hydrogen-bond donors (Lipinski definition) is 2. The number of imidazole rings is 1. The highest BCUT2D eigenvalue weighted by Gasteiger charge is 2.20. The van der Waals surface area contributed by atoms with E-state index in [9.17, 15) is 9.90 Å². The second-order valence-corrected chi connectivity index (χ2v) is 4.76. The minimum Gasteiger partial charge on any atom is -0.476 e. The molecule has 0 amide bonds. The number of nitrogens with zero attached hydrogens (tertiary/aromatic N) is 4. The summed E-state index contributed by atoms with van der Waals surface area (Å²) in [6, 6.07) is 5.31. The van der Waals surface area contributed by atoms with E-state index in [1.807, 2.05) is 0 Å². The molecule has 8 heteroatoms. The Hall–Kier alpha value is -2.35. The molecule has 0 saturated heterocycles. The monoisotopic (exact) mass is 275 g/mol. The predicted octanol–water partition coefficient (Wildman–Crippen LogP) is 1.61. The first-order valence-corrected chi connectivity index (χ1v) is 6.24. The van der Waals surface area contributed by atoms with E-state index in [0.717, 1.165) is 11.8 Å². The highest BCUT2D eigenvalue weighted by molar-refractivity contribution is 7.99. The first-order valence-electron chi connectivity index (χ1n) is 5.42. The normalized spacial score (nSPS) is 11.0. The first-order chi connectivity index (χ1) is 9.15. The number of carboxylic acid groups (broad SMARTS) is 1. The molecule has 0 fully saturated rings. The zero-order valence-corrected chi connectivity index (χ0v) is 10.7. The topological polar surface area (TPSA) is 96.2 Å². The summed E-state index contributed by atoms with van der Waals surface area (Å²) < 4.78 is 1.53. The Bertz CT molecular complexity index is 763. The fourth-order valence-corrected chi connectivity index (χ4v) is 2.56. The van der Waals surface area contributed by atoms with Crippen molar-refractivity contribution in [1.29, 1.82) is 0 Å². The fraction of sp³-hybridized carbons (Fsp3) is 0.0909. The molecule has 0 atom stereocenters. The molecular formula is C11H9N5O2S. The number of aryl methyl sites for hydroxylation is 1. The van der Waals surface area contributed by atoms with Crippen molar-refractivity contribution in [2.75, 3.05) is 0 Å². The van der Waals surface area contributed by atoms with E-state index in [4.69, 9.17) is 0 Å². The molecule has 0 radical (unpaired) electrons. The van der Waals surface area contributed by atoms with Gasteiger partial charge in [0.25, 0.3) is 0 Å². The van der Waals surface area contributed by atoms with Gasteiger partial charge in [0.1, 0.15) is 16.5 Å². The molecule has 19 heavy (non-hydrogen) atoms. The van der Waals surface area contributed by atoms with Gasteiger partial charge in [-0.05, 0) is 30.8 Å². The average molecular weight is 275 g/mol. The molecule has 0 aliphatic heterocycles. The van der Waals surface area contributed by atoms with Crippen LogP contribution in [-0.4, -0.2) is 35.6 Å². The lowest BCUT2D eigenvalue weighted by Gasteiger charge is -1.96. The van der Waals surface area contributed by atoms with Crippen LogP contribution in [0.5, 0.6) is 0 Å². The van der Waals surface area contributed by atoms with Crippen LogP contribution in [0.1, 0.15) is 16.3 Å².